The molecule has 2 aromatic rings. The predicted octanol–water partition coefficient (Wildman–Crippen LogP) is 3.15. The Balaban J connectivity index is 1.75. The molecule has 8 nitrogen and oxygen atoms in total. The van der Waals surface area contributed by atoms with Gasteiger partial charge in [-0.2, -0.15) is 4.37 Å². The van der Waals surface area contributed by atoms with Gasteiger partial charge in [0, 0.05) is 30.2 Å². The topological polar surface area (TPSA) is 136 Å². The fraction of sp³-hybridized carbons (Fsp3) is 0.600. The lowest BCUT2D eigenvalue weighted by molar-refractivity contribution is 0.226. The SMILES string of the molecule is CC(C)(CCN)C[C@@H](CNc1cc(F)c(S(=O)(=O)Nc2ncns2)cc1F)[C@H](N)C1CC1. The van der Waals surface area contributed by atoms with Crippen LogP contribution in [0.2, 0.25) is 0 Å². The standard InChI is InChI=1S/C20H30F2N6O2S2/c1-20(2,5-6-23)9-13(18(24)12-3-4-12)10-25-16-7-15(22)17(8-14(16)21)32(29,30)28-19-26-11-27-31-19/h7-8,11-13,18,25H,3-6,9-10,23-24H2,1-2H3,(H,26,27,28)/t13-,18+/m0/s1. The average Bonchev–Trinajstić information content (AvgIpc) is 3.43. The number of rotatable bonds is 12. The van der Waals surface area contributed by atoms with Gasteiger partial charge < -0.3 is 16.8 Å². The molecular formula is C20H30F2N6O2S2. The summed E-state index contributed by atoms with van der Waals surface area (Å²) in [5, 5.41) is 2.91. The number of hydrogen-bond acceptors (Lipinski definition) is 8. The van der Waals surface area contributed by atoms with Crippen molar-refractivity contribution in [1.29, 1.82) is 0 Å². The zero-order valence-corrected chi connectivity index (χ0v) is 19.8. The number of nitrogens with one attached hydrogen (secondary N) is 2. The molecule has 6 N–H and O–H groups in total. The quantitative estimate of drug-likeness (QED) is 0.360. The minimum Gasteiger partial charge on any atom is -0.382 e. The molecule has 1 heterocycles. The number of hydrogen-bond donors (Lipinski definition) is 4. The van der Waals surface area contributed by atoms with Crippen LogP contribution in [-0.4, -0.2) is 36.9 Å². The van der Waals surface area contributed by atoms with Gasteiger partial charge in [-0.15, -0.1) is 0 Å². The molecule has 3 rings (SSSR count). The van der Waals surface area contributed by atoms with E-state index in [1.165, 1.54) is 0 Å². The van der Waals surface area contributed by atoms with E-state index in [1.54, 1.807) is 0 Å². The van der Waals surface area contributed by atoms with Crippen molar-refractivity contribution in [2.45, 2.75) is 50.5 Å². The Morgan fingerprint density at radius 1 is 1.28 bits per heavy atom. The Hall–Kier alpha value is -1.89. The van der Waals surface area contributed by atoms with Crippen LogP contribution in [0.4, 0.5) is 19.6 Å². The van der Waals surface area contributed by atoms with Gasteiger partial charge in [-0.05, 0) is 55.5 Å². The second-order valence-electron chi connectivity index (χ2n) is 9.08. The molecule has 0 amide bonds. The molecule has 2 atom stereocenters. The first-order valence-corrected chi connectivity index (χ1v) is 12.8. The van der Waals surface area contributed by atoms with Crippen molar-refractivity contribution < 1.29 is 17.2 Å². The molecule has 0 radical (unpaired) electrons. The zero-order valence-electron chi connectivity index (χ0n) is 18.1. The van der Waals surface area contributed by atoms with Crippen LogP contribution in [0, 0.1) is 28.9 Å². The van der Waals surface area contributed by atoms with Crippen LogP contribution >= 0.6 is 11.5 Å². The summed E-state index contributed by atoms with van der Waals surface area (Å²) in [5.74, 6) is -1.47. The van der Waals surface area contributed by atoms with Crippen molar-refractivity contribution >= 4 is 32.4 Å². The van der Waals surface area contributed by atoms with Gasteiger partial charge in [0.05, 0.1) is 5.69 Å². The summed E-state index contributed by atoms with van der Waals surface area (Å²) in [6, 6.07) is 1.47. The van der Waals surface area contributed by atoms with Gasteiger partial charge in [-0.3, -0.25) is 4.72 Å². The number of nitrogens with zero attached hydrogens (tertiary/aromatic N) is 2. The third-order valence-corrected chi connectivity index (χ3v) is 7.86. The monoisotopic (exact) mass is 488 g/mol. The van der Waals surface area contributed by atoms with Crippen LogP contribution in [-0.2, 0) is 10.0 Å². The lowest BCUT2D eigenvalue weighted by atomic mass is 9.76. The maximum atomic E-state index is 14.7. The smallest absolute Gasteiger partial charge is 0.266 e. The van der Waals surface area contributed by atoms with Crippen LogP contribution in [0.1, 0.15) is 39.5 Å². The summed E-state index contributed by atoms with van der Waals surface area (Å²) < 4.78 is 60.0. The second-order valence-corrected chi connectivity index (χ2v) is 11.5. The lowest BCUT2D eigenvalue weighted by Crippen LogP contribution is -2.39. The van der Waals surface area contributed by atoms with Gasteiger partial charge in [0.15, 0.2) is 0 Å². The molecule has 0 aliphatic heterocycles. The van der Waals surface area contributed by atoms with Gasteiger partial charge >= 0.3 is 0 Å². The summed E-state index contributed by atoms with van der Waals surface area (Å²) in [6.45, 7) is 5.15. The first kappa shape index (κ1) is 24.7. The highest BCUT2D eigenvalue weighted by molar-refractivity contribution is 7.93. The molecular weight excluding hydrogens is 458 g/mol. The van der Waals surface area contributed by atoms with Gasteiger partial charge in [0.2, 0.25) is 5.13 Å². The maximum absolute atomic E-state index is 14.7. The summed E-state index contributed by atoms with van der Waals surface area (Å²) in [5.41, 5.74) is 12.1. The summed E-state index contributed by atoms with van der Waals surface area (Å²) in [4.78, 5) is 2.89. The van der Waals surface area contributed by atoms with E-state index < -0.39 is 26.6 Å². The molecule has 0 spiro atoms. The molecule has 1 fully saturated rings. The van der Waals surface area contributed by atoms with E-state index in [0.29, 0.717) is 25.1 Å². The number of anilines is 2. The zero-order chi connectivity index (χ0) is 23.5. The fourth-order valence-electron chi connectivity index (χ4n) is 3.91. The van der Waals surface area contributed by atoms with Gasteiger partial charge in [-0.1, -0.05) is 13.8 Å². The van der Waals surface area contributed by atoms with Crippen molar-refractivity contribution in [1.82, 2.24) is 9.36 Å². The van der Waals surface area contributed by atoms with Crippen molar-refractivity contribution in [2.24, 2.45) is 28.7 Å². The van der Waals surface area contributed by atoms with E-state index in [4.69, 9.17) is 11.5 Å². The molecule has 1 aromatic carbocycles. The Morgan fingerprint density at radius 3 is 2.59 bits per heavy atom. The summed E-state index contributed by atoms with van der Waals surface area (Å²) >= 11 is 0.787. The third-order valence-electron chi connectivity index (χ3n) is 5.80. The molecule has 0 unspecified atom stereocenters. The number of benzene rings is 1. The Labute approximate surface area is 191 Å². The van der Waals surface area contributed by atoms with Crippen molar-refractivity contribution in [2.75, 3.05) is 23.1 Å². The minimum atomic E-state index is -4.35. The highest BCUT2D eigenvalue weighted by Crippen LogP contribution is 2.39. The summed E-state index contributed by atoms with van der Waals surface area (Å²) in [6.07, 6.45) is 4.93. The molecule has 1 aliphatic rings. The molecule has 1 aromatic heterocycles. The number of sulfonamides is 1. The molecule has 1 aliphatic carbocycles. The highest BCUT2D eigenvalue weighted by Gasteiger charge is 2.36. The Bertz CT molecular complexity index is 1010. The number of nitrogens with two attached hydrogens (primary N) is 2. The van der Waals surface area contributed by atoms with E-state index in [0.717, 1.165) is 49.6 Å². The minimum absolute atomic E-state index is 0.0360. The van der Waals surface area contributed by atoms with Crippen LogP contribution in [0.15, 0.2) is 23.4 Å². The number of halogens is 2. The van der Waals surface area contributed by atoms with Crippen LogP contribution in [0.5, 0.6) is 0 Å². The Morgan fingerprint density at radius 2 is 2.00 bits per heavy atom. The van der Waals surface area contributed by atoms with Gasteiger partial charge in [0.25, 0.3) is 10.0 Å². The average molecular weight is 489 g/mol. The summed E-state index contributed by atoms with van der Waals surface area (Å²) in [7, 11) is -4.35. The van der Waals surface area contributed by atoms with E-state index >= 15 is 0 Å². The fourth-order valence-corrected chi connectivity index (χ4v) is 5.65. The molecule has 0 bridgehead atoms. The predicted molar refractivity (Wildman–Crippen MR) is 122 cm³/mol. The molecule has 12 heteroatoms. The van der Waals surface area contributed by atoms with Crippen molar-refractivity contribution in [3.05, 3.63) is 30.1 Å². The Kier molecular flexibility index (Phi) is 7.69. The maximum Gasteiger partial charge on any atom is 0.266 e. The lowest BCUT2D eigenvalue weighted by Gasteiger charge is -2.33. The first-order chi connectivity index (χ1) is 15.0. The molecule has 0 saturated heterocycles. The van der Waals surface area contributed by atoms with E-state index in [2.05, 4.69) is 33.2 Å². The van der Waals surface area contributed by atoms with Crippen LogP contribution in [0.25, 0.3) is 0 Å². The van der Waals surface area contributed by atoms with Crippen molar-refractivity contribution in [3.8, 4) is 0 Å². The number of aromatic nitrogens is 2. The first-order valence-electron chi connectivity index (χ1n) is 10.5. The van der Waals surface area contributed by atoms with Crippen LogP contribution in [0.3, 0.4) is 0 Å². The van der Waals surface area contributed by atoms with Gasteiger partial charge in [-0.25, -0.2) is 22.2 Å². The van der Waals surface area contributed by atoms with Crippen molar-refractivity contribution in [3.63, 3.8) is 0 Å². The molecule has 32 heavy (non-hydrogen) atoms. The van der Waals surface area contributed by atoms with E-state index in [1.807, 2.05) is 0 Å². The highest BCUT2D eigenvalue weighted by atomic mass is 32.2. The normalized spacial score (nSPS) is 16.6. The second kappa shape index (κ2) is 9.94. The largest absolute Gasteiger partial charge is 0.382 e. The van der Waals surface area contributed by atoms with E-state index in [9.17, 15) is 17.2 Å². The molecule has 178 valence electrons. The van der Waals surface area contributed by atoms with Gasteiger partial charge in [0.1, 0.15) is 22.9 Å². The van der Waals surface area contributed by atoms with Crippen LogP contribution < -0.4 is 21.5 Å². The van der Waals surface area contributed by atoms with E-state index in [-0.39, 0.29) is 28.2 Å². The third kappa shape index (κ3) is 6.33. The molecule has 1 saturated carbocycles.